The summed E-state index contributed by atoms with van der Waals surface area (Å²) < 4.78 is 0. The Balaban J connectivity index is 2.67. The minimum Gasteiger partial charge on any atom is -0.385 e. The van der Waals surface area contributed by atoms with E-state index in [0.717, 1.165) is 16.4 Å². The van der Waals surface area contributed by atoms with Crippen molar-refractivity contribution in [1.82, 2.24) is 9.97 Å². The first-order valence-corrected chi connectivity index (χ1v) is 4.64. The number of aromatic amines is 2. The van der Waals surface area contributed by atoms with E-state index in [1.54, 1.807) is 24.4 Å². The van der Waals surface area contributed by atoms with Crippen molar-refractivity contribution in [2.24, 2.45) is 0 Å². The minimum absolute atomic E-state index is 0.0179. The Bertz CT molecular complexity index is 708. The topological polar surface area (TPSA) is 74.7 Å². The first-order chi connectivity index (χ1) is 7.25. The van der Waals surface area contributed by atoms with Gasteiger partial charge in [-0.15, -0.1) is 0 Å². The summed E-state index contributed by atoms with van der Waals surface area (Å²) in [7, 11) is 0. The molecule has 3 aromatic rings. The van der Waals surface area contributed by atoms with Crippen LogP contribution in [0.15, 0.2) is 35.3 Å². The Morgan fingerprint density at radius 1 is 1.20 bits per heavy atom. The number of pyridine rings is 1. The van der Waals surface area contributed by atoms with Crippen LogP contribution in [0.2, 0.25) is 0 Å². The molecule has 0 radical (unpaired) electrons. The maximum Gasteiger partial charge on any atom is 0.188 e. The number of nitrogens with one attached hydrogen (secondary N) is 2. The second-order valence-corrected chi connectivity index (χ2v) is 3.52. The quantitative estimate of drug-likeness (QED) is 0.514. The lowest BCUT2D eigenvalue weighted by molar-refractivity contribution is 1.35. The van der Waals surface area contributed by atoms with Crippen LogP contribution in [0.4, 0.5) is 5.82 Å². The van der Waals surface area contributed by atoms with Crippen molar-refractivity contribution < 1.29 is 0 Å². The summed E-state index contributed by atoms with van der Waals surface area (Å²) in [5.41, 5.74) is 7.41. The molecule has 74 valence electrons. The number of nitrogen functional groups attached to an aromatic ring is 1. The highest BCUT2D eigenvalue weighted by atomic mass is 16.1. The number of fused-ring (bicyclic) bond motifs is 3. The number of nitrogens with two attached hydrogens (primary N) is 1. The summed E-state index contributed by atoms with van der Waals surface area (Å²) in [6.45, 7) is 0. The van der Waals surface area contributed by atoms with E-state index in [1.165, 1.54) is 0 Å². The summed E-state index contributed by atoms with van der Waals surface area (Å²) in [4.78, 5) is 17.8. The van der Waals surface area contributed by atoms with E-state index in [9.17, 15) is 4.79 Å². The Morgan fingerprint density at radius 3 is 2.93 bits per heavy atom. The Hall–Kier alpha value is -2.23. The Labute approximate surface area is 84.7 Å². The molecule has 0 aliphatic carbocycles. The van der Waals surface area contributed by atoms with Crippen molar-refractivity contribution in [2.45, 2.75) is 0 Å². The molecule has 0 saturated carbocycles. The second-order valence-electron chi connectivity index (χ2n) is 3.52. The molecule has 4 nitrogen and oxygen atoms in total. The summed E-state index contributed by atoms with van der Waals surface area (Å²) in [6.07, 6.45) is 1.77. The molecule has 15 heavy (non-hydrogen) atoms. The van der Waals surface area contributed by atoms with Crippen LogP contribution in [-0.2, 0) is 0 Å². The molecule has 0 bridgehead atoms. The summed E-state index contributed by atoms with van der Waals surface area (Å²) in [6, 6.07) is 6.96. The van der Waals surface area contributed by atoms with E-state index in [1.807, 2.05) is 6.07 Å². The van der Waals surface area contributed by atoms with E-state index in [2.05, 4.69) is 9.97 Å². The number of hydrogen-bond acceptors (Lipinski definition) is 2. The minimum atomic E-state index is 0.0179. The SMILES string of the molecule is Nc1cc2c(c[nH]1)[nH]c1cccc(=O)c12. The average molecular weight is 199 g/mol. The summed E-state index contributed by atoms with van der Waals surface area (Å²) in [5, 5.41) is 1.57. The first kappa shape index (κ1) is 8.11. The molecule has 0 unspecified atom stereocenters. The van der Waals surface area contributed by atoms with Gasteiger partial charge in [-0.05, 0) is 18.2 Å². The predicted octanol–water partition coefficient (Wildman–Crippen LogP) is 1.59. The van der Waals surface area contributed by atoms with Crippen LogP contribution >= 0.6 is 0 Å². The van der Waals surface area contributed by atoms with Gasteiger partial charge in [0.15, 0.2) is 5.43 Å². The maximum absolute atomic E-state index is 11.7. The Morgan fingerprint density at radius 2 is 2.07 bits per heavy atom. The van der Waals surface area contributed by atoms with E-state index in [4.69, 9.17) is 5.73 Å². The highest BCUT2D eigenvalue weighted by Crippen LogP contribution is 2.22. The molecular formula is C11H9N3O. The maximum atomic E-state index is 11.7. The molecule has 0 atom stereocenters. The second kappa shape index (κ2) is 2.63. The average Bonchev–Trinajstić information content (AvgIpc) is 2.57. The van der Waals surface area contributed by atoms with E-state index in [-0.39, 0.29) is 5.43 Å². The van der Waals surface area contributed by atoms with E-state index >= 15 is 0 Å². The molecular weight excluding hydrogens is 190 g/mol. The number of anilines is 1. The van der Waals surface area contributed by atoms with Crippen molar-refractivity contribution in [3.63, 3.8) is 0 Å². The highest BCUT2D eigenvalue weighted by molar-refractivity contribution is 6.07. The fraction of sp³-hybridized carbons (Fsp3) is 0. The predicted molar refractivity (Wildman–Crippen MR) is 60.8 cm³/mol. The Kier molecular flexibility index (Phi) is 1.42. The number of hydrogen-bond donors (Lipinski definition) is 3. The van der Waals surface area contributed by atoms with Gasteiger partial charge in [-0.25, -0.2) is 0 Å². The smallest absolute Gasteiger partial charge is 0.188 e. The normalized spacial score (nSPS) is 11.2. The molecule has 1 aromatic carbocycles. The van der Waals surface area contributed by atoms with Gasteiger partial charge in [-0.2, -0.15) is 0 Å². The van der Waals surface area contributed by atoms with Gasteiger partial charge in [0.25, 0.3) is 0 Å². The lowest BCUT2D eigenvalue weighted by atomic mass is 10.2. The molecule has 4 N–H and O–H groups in total. The summed E-state index contributed by atoms with van der Waals surface area (Å²) in [5.74, 6) is 0.548. The van der Waals surface area contributed by atoms with Gasteiger partial charge in [-0.1, -0.05) is 6.07 Å². The standard InChI is InChI=1S/C11H9N3O/c12-10-4-6-8(5-13-10)14-7-2-1-3-9(15)11(6)7/h1-5,13-14H,12H2. The molecule has 2 aromatic heterocycles. The fourth-order valence-corrected chi connectivity index (χ4v) is 1.88. The number of rotatable bonds is 0. The van der Waals surface area contributed by atoms with Gasteiger partial charge >= 0.3 is 0 Å². The molecule has 0 amide bonds. The number of aromatic nitrogens is 2. The van der Waals surface area contributed by atoms with Crippen LogP contribution in [0.1, 0.15) is 0 Å². The van der Waals surface area contributed by atoms with Gasteiger partial charge in [-0.3, -0.25) is 4.79 Å². The highest BCUT2D eigenvalue weighted by Gasteiger charge is 2.06. The van der Waals surface area contributed by atoms with E-state index < -0.39 is 0 Å². The van der Waals surface area contributed by atoms with Gasteiger partial charge in [0, 0.05) is 11.6 Å². The molecule has 0 aliphatic rings. The van der Waals surface area contributed by atoms with Crippen molar-refractivity contribution in [3.8, 4) is 0 Å². The van der Waals surface area contributed by atoms with Crippen molar-refractivity contribution in [3.05, 3.63) is 40.7 Å². The molecule has 4 heteroatoms. The van der Waals surface area contributed by atoms with Crippen LogP contribution in [-0.4, -0.2) is 9.97 Å². The number of benzene rings is 1. The number of H-pyrrole nitrogens is 2. The zero-order chi connectivity index (χ0) is 10.4. The van der Waals surface area contributed by atoms with Gasteiger partial charge in [0.1, 0.15) is 5.82 Å². The van der Waals surface area contributed by atoms with Crippen molar-refractivity contribution >= 4 is 27.6 Å². The zero-order valence-corrected chi connectivity index (χ0v) is 7.87. The molecule has 0 aliphatic heterocycles. The van der Waals surface area contributed by atoms with Crippen molar-refractivity contribution in [2.75, 3.05) is 5.73 Å². The zero-order valence-electron chi connectivity index (χ0n) is 7.87. The monoisotopic (exact) mass is 199 g/mol. The van der Waals surface area contributed by atoms with Crippen LogP contribution in [0, 0.1) is 0 Å². The van der Waals surface area contributed by atoms with Crippen LogP contribution in [0.25, 0.3) is 21.8 Å². The molecule has 0 spiro atoms. The largest absolute Gasteiger partial charge is 0.385 e. The fourth-order valence-electron chi connectivity index (χ4n) is 1.88. The summed E-state index contributed by atoms with van der Waals surface area (Å²) >= 11 is 0. The van der Waals surface area contributed by atoms with Gasteiger partial charge in [0.2, 0.25) is 0 Å². The van der Waals surface area contributed by atoms with Crippen LogP contribution in [0.3, 0.4) is 0 Å². The third kappa shape index (κ3) is 1.05. The molecule has 3 rings (SSSR count). The first-order valence-electron chi connectivity index (χ1n) is 4.64. The lowest BCUT2D eigenvalue weighted by Gasteiger charge is -1.93. The van der Waals surface area contributed by atoms with Gasteiger partial charge < -0.3 is 15.7 Å². The van der Waals surface area contributed by atoms with Crippen LogP contribution in [0.5, 0.6) is 0 Å². The van der Waals surface area contributed by atoms with Crippen LogP contribution < -0.4 is 11.2 Å². The van der Waals surface area contributed by atoms with Crippen molar-refractivity contribution in [1.29, 1.82) is 0 Å². The molecule has 0 saturated heterocycles. The van der Waals surface area contributed by atoms with Gasteiger partial charge in [0.05, 0.1) is 16.4 Å². The third-order valence-corrected chi connectivity index (χ3v) is 2.54. The molecule has 0 fully saturated rings. The van der Waals surface area contributed by atoms with E-state index in [0.29, 0.717) is 11.2 Å². The lowest BCUT2D eigenvalue weighted by Crippen LogP contribution is -1.96. The molecule has 2 heterocycles. The third-order valence-electron chi connectivity index (χ3n) is 2.54.